The highest BCUT2D eigenvalue weighted by molar-refractivity contribution is 7.99. The van der Waals surface area contributed by atoms with Crippen LogP contribution in [0.4, 0.5) is 0 Å². The fraction of sp³-hybridized carbons (Fsp3) is 0.316. The summed E-state index contributed by atoms with van der Waals surface area (Å²) in [4.78, 5) is 0. The van der Waals surface area contributed by atoms with Crippen LogP contribution in [0.2, 0.25) is 5.02 Å². The van der Waals surface area contributed by atoms with Gasteiger partial charge in [0.25, 0.3) is 0 Å². The maximum Gasteiger partial charge on any atom is 0.209 e. The van der Waals surface area contributed by atoms with Crippen molar-refractivity contribution in [2.75, 3.05) is 19.4 Å². The number of tetrazole rings is 1. The van der Waals surface area contributed by atoms with Crippen LogP contribution >= 0.6 is 23.4 Å². The van der Waals surface area contributed by atoms with Gasteiger partial charge in [-0.1, -0.05) is 53.7 Å². The zero-order valence-corrected chi connectivity index (χ0v) is 17.4. The number of halogens is 1. The molecule has 9 heteroatoms. The molecule has 1 heterocycles. The summed E-state index contributed by atoms with van der Waals surface area (Å²) in [5, 5.41) is 15.0. The van der Waals surface area contributed by atoms with E-state index in [-0.39, 0.29) is 0 Å². The first-order valence-corrected chi connectivity index (χ1v) is 10.2. The molecule has 7 nitrogen and oxygen atoms in total. The predicted octanol–water partition coefficient (Wildman–Crippen LogP) is 2.31. The molecule has 2 N–H and O–H groups in total. The zero-order valence-electron chi connectivity index (χ0n) is 15.8. The number of rotatable bonds is 10. The number of quaternary nitrogens is 1. The third-order valence-electron chi connectivity index (χ3n) is 4.03. The van der Waals surface area contributed by atoms with Gasteiger partial charge in [-0.15, -0.1) is 5.10 Å². The lowest BCUT2D eigenvalue weighted by molar-refractivity contribution is -0.666. The monoisotopic (exact) mass is 420 g/mol. The van der Waals surface area contributed by atoms with E-state index in [9.17, 15) is 0 Å². The number of benzene rings is 2. The Bertz CT molecular complexity index is 891. The summed E-state index contributed by atoms with van der Waals surface area (Å²) in [5.74, 6) is 2.13. The lowest BCUT2D eigenvalue weighted by Crippen LogP contribution is -2.83. The van der Waals surface area contributed by atoms with E-state index < -0.39 is 0 Å². The van der Waals surface area contributed by atoms with Crippen molar-refractivity contribution >= 4 is 23.4 Å². The minimum Gasteiger partial charge on any atom is -0.493 e. The lowest BCUT2D eigenvalue weighted by Gasteiger charge is -2.14. The number of thioether (sulfide) groups is 1. The van der Waals surface area contributed by atoms with Gasteiger partial charge in [-0.2, -0.15) is 0 Å². The Morgan fingerprint density at radius 3 is 2.71 bits per heavy atom. The summed E-state index contributed by atoms with van der Waals surface area (Å²) in [7, 11) is 3.46. The van der Waals surface area contributed by atoms with Crippen LogP contribution in [0.1, 0.15) is 11.1 Å². The Kier molecular flexibility index (Phi) is 7.53. The number of hydrogen-bond donors (Lipinski definition) is 1. The van der Waals surface area contributed by atoms with Gasteiger partial charge in [0, 0.05) is 12.6 Å². The van der Waals surface area contributed by atoms with Crippen LogP contribution in [0, 0.1) is 0 Å². The van der Waals surface area contributed by atoms with Crippen LogP contribution in [0.3, 0.4) is 0 Å². The Hall–Kier alpha value is -2.29. The van der Waals surface area contributed by atoms with Crippen LogP contribution in [-0.4, -0.2) is 39.6 Å². The molecular weight excluding hydrogens is 398 g/mol. The standard InChI is InChI=1S/C19H22ClN5O2S/c1-25-19(22-23-24-25)28-9-8-21-12-15-10-16(20)18(17(11-15)26-2)27-13-14-6-4-3-5-7-14/h3-7,10-11,21H,8-9,12-13H2,1-2H3/p+1. The van der Waals surface area contributed by atoms with Gasteiger partial charge in [-0.3, -0.25) is 0 Å². The van der Waals surface area contributed by atoms with Crippen LogP contribution in [0.5, 0.6) is 11.5 Å². The quantitative estimate of drug-likeness (QED) is 0.400. The number of methoxy groups -OCH3 is 1. The molecule has 0 aliphatic carbocycles. The summed E-state index contributed by atoms with van der Waals surface area (Å²) >= 11 is 8.09. The van der Waals surface area contributed by atoms with Gasteiger partial charge in [-0.25, -0.2) is 4.68 Å². The molecule has 0 atom stereocenters. The van der Waals surface area contributed by atoms with Crippen molar-refractivity contribution in [1.29, 1.82) is 0 Å². The minimum absolute atomic E-state index is 0.441. The fourth-order valence-electron chi connectivity index (χ4n) is 2.61. The second-order valence-electron chi connectivity index (χ2n) is 6.10. The smallest absolute Gasteiger partial charge is 0.209 e. The molecular formula is C19H23ClN5O2S+. The number of nitrogens with two attached hydrogens (primary N) is 1. The molecule has 1 aromatic heterocycles. The second-order valence-corrected chi connectivity index (χ2v) is 7.57. The van der Waals surface area contributed by atoms with Crippen LogP contribution in [0.15, 0.2) is 47.6 Å². The van der Waals surface area contributed by atoms with Gasteiger partial charge in [0.1, 0.15) is 13.2 Å². The molecule has 0 unspecified atom stereocenters. The minimum atomic E-state index is 0.441. The van der Waals surface area contributed by atoms with Crippen molar-refractivity contribution < 1.29 is 14.8 Å². The fourth-order valence-corrected chi connectivity index (χ4v) is 3.68. The van der Waals surface area contributed by atoms with E-state index in [1.165, 1.54) is 0 Å². The Morgan fingerprint density at radius 1 is 1.18 bits per heavy atom. The van der Waals surface area contributed by atoms with Crippen LogP contribution in [-0.2, 0) is 20.2 Å². The number of ether oxygens (including phenoxy) is 2. The topological polar surface area (TPSA) is 78.7 Å². The van der Waals surface area contributed by atoms with Gasteiger partial charge in [0.15, 0.2) is 11.5 Å². The molecule has 28 heavy (non-hydrogen) atoms. The molecule has 0 aliphatic rings. The zero-order chi connectivity index (χ0) is 19.8. The number of hydrogen-bond acceptors (Lipinski definition) is 6. The maximum atomic E-state index is 6.46. The molecule has 0 fully saturated rings. The normalized spacial score (nSPS) is 10.8. The van der Waals surface area contributed by atoms with E-state index in [1.54, 1.807) is 23.6 Å². The highest BCUT2D eigenvalue weighted by Crippen LogP contribution is 2.36. The molecule has 2 aromatic carbocycles. The van der Waals surface area contributed by atoms with Crippen molar-refractivity contribution in [3.05, 3.63) is 58.6 Å². The van der Waals surface area contributed by atoms with E-state index in [4.69, 9.17) is 21.1 Å². The van der Waals surface area contributed by atoms with E-state index >= 15 is 0 Å². The van der Waals surface area contributed by atoms with Gasteiger partial charge in [0.05, 0.1) is 24.4 Å². The largest absolute Gasteiger partial charge is 0.493 e. The average Bonchev–Trinajstić information content (AvgIpc) is 3.12. The Labute approximate surface area is 173 Å². The summed E-state index contributed by atoms with van der Waals surface area (Å²) in [6.07, 6.45) is 0. The summed E-state index contributed by atoms with van der Waals surface area (Å²) in [6, 6.07) is 13.9. The second kappa shape index (κ2) is 10.3. The first-order chi connectivity index (χ1) is 13.7. The average molecular weight is 421 g/mol. The molecule has 148 valence electrons. The van der Waals surface area contributed by atoms with Crippen molar-refractivity contribution in [3.8, 4) is 11.5 Å². The third-order valence-corrected chi connectivity index (χ3v) is 5.35. The van der Waals surface area contributed by atoms with E-state index in [2.05, 4.69) is 20.8 Å². The summed E-state index contributed by atoms with van der Waals surface area (Å²) in [5.41, 5.74) is 2.16. The first kappa shape index (κ1) is 20.4. The molecule has 0 bridgehead atoms. The molecule has 3 aromatic rings. The first-order valence-electron chi connectivity index (χ1n) is 8.87. The van der Waals surface area contributed by atoms with Crippen molar-refractivity contribution in [1.82, 2.24) is 20.2 Å². The third kappa shape index (κ3) is 5.60. The van der Waals surface area contributed by atoms with E-state index in [0.717, 1.165) is 35.1 Å². The molecule has 0 aliphatic heterocycles. The van der Waals surface area contributed by atoms with Crippen LogP contribution in [0.25, 0.3) is 0 Å². The SMILES string of the molecule is COc1cc(C[NH2+]CCSc2nnnn2C)cc(Cl)c1OCc1ccccc1. The predicted molar refractivity (Wildman–Crippen MR) is 109 cm³/mol. The van der Waals surface area contributed by atoms with Gasteiger partial charge in [0.2, 0.25) is 5.16 Å². The van der Waals surface area contributed by atoms with Crippen molar-refractivity contribution in [3.63, 3.8) is 0 Å². The molecule has 0 amide bonds. The number of aromatic nitrogens is 4. The van der Waals surface area contributed by atoms with E-state index in [0.29, 0.717) is 23.1 Å². The molecule has 0 saturated carbocycles. The summed E-state index contributed by atoms with van der Waals surface area (Å²) < 4.78 is 13.1. The molecule has 3 rings (SSSR count). The van der Waals surface area contributed by atoms with E-state index in [1.807, 2.05) is 49.5 Å². The number of aryl methyl sites for hydroxylation is 1. The molecule has 0 radical (unpaired) electrons. The van der Waals surface area contributed by atoms with Crippen LogP contribution < -0.4 is 14.8 Å². The lowest BCUT2D eigenvalue weighted by atomic mass is 10.2. The van der Waals surface area contributed by atoms with Gasteiger partial charge >= 0.3 is 0 Å². The highest BCUT2D eigenvalue weighted by Gasteiger charge is 2.13. The van der Waals surface area contributed by atoms with Gasteiger partial charge < -0.3 is 14.8 Å². The number of nitrogens with zero attached hydrogens (tertiary/aromatic N) is 4. The Balaban J connectivity index is 1.52. The Morgan fingerprint density at radius 2 is 2.00 bits per heavy atom. The van der Waals surface area contributed by atoms with Crippen molar-refractivity contribution in [2.24, 2.45) is 7.05 Å². The maximum absolute atomic E-state index is 6.46. The summed E-state index contributed by atoms with van der Waals surface area (Å²) in [6.45, 7) is 2.17. The van der Waals surface area contributed by atoms with Crippen molar-refractivity contribution in [2.45, 2.75) is 18.3 Å². The molecule has 0 saturated heterocycles. The highest BCUT2D eigenvalue weighted by atomic mass is 35.5. The molecule has 0 spiro atoms. The van der Waals surface area contributed by atoms with Gasteiger partial charge in [-0.05, 0) is 28.1 Å².